The smallest absolute Gasteiger partial charge is 0.224 e. The van der Waals surface area contributed by atoms with Crippen LogP contribution in [-0.2, 0) is 0 Å². The summed E-state index contributed by atoms with van der Waals surface area (Å²) in [7, 11) is 0. The van der Waals surface area contributed by atoms with Crippen molar-refractivity contribution in [1.82, 2.24) is 9.97 Å². The molecule has 0 spiro atoms. The van der Waals surface area contributed by atoms with Crippen LogP contribution in [-0.4, -0.2) is 16.5 Å². The average Bonchev–Trinajstić information content (AvgIpc) is 2.48. The van der Waals surface area contributed by atoms with E-state index in [0.717, 1.165) is 23.5 Å². The van der Waals surface area contributed by atoms with E-state index in [-0.39, 0.29) is 0 Å². The molecule has 1 N–H and O–H groups in total. The Kier molecular flexibility index (Phi) is 3.46. The van der Waals surface area contributed by atoms with E-state index in [2.05, 4.69) is 27.4 Å². The van der Waals surface area contributed by atoms with Gasteiger partial charge in [0.25, 0.3) is 0 Å². The average molecular weight is 265 g/mol. The second-order valence-electron chi connectivity index (χ2n) is 4.38. The van der Waals surface area contributed by atoms with E-state index in [0.29, 0.717) is 5.88 Å². The lowest BCUT2D eigenvalue weighted by Crippen LogP contribution is -2.00. The van der Waals surface area contributed by atoms with Gasteiger partial charge in [0.1, 0.15) is 17.9 Å². The van der Waals surface area contributed by atoms with E-state index in [1.54, 1.807) is 6.07 Å². The van der Waals surface area contributed by atoms with Crippen molar-refractivity contribution >= 4 is 16.6 Å². The Bertz CT molecular complexity index is 727. The van der Waals surface area contributed by atoms with Crippen molar-refractivity contribution in [2.24, 2.45) is 0 Å². The summed E-state index contributed by atoms with van der Waals surface area (Å²) in [6.07, 6.45) is 1.49. The van der Waals surface area contributed by atoms with Gasteiger partial charge in [-0.15, -0.1) is 0 Å². The monoisotopic (exact) mass is 265 g/mol. The number of aromatic nitrogens is 2. The first kappa shape index (κ1) is 12.4. The Hall–Kier alpha value is -2.62. The van der Waals surface area contributed by atoms with Crippen LogP contribution >= 0.6 is 0 Å². The molecular formula is C16H15N3O. The second-order valence-corrected chi connectivity index (χ2v) is 4.38. The molecule has 0 unspecified atom stereocenters. The van der Waals surface area contributed by atoms with Crippen LogP contribution < -0.4 is 10.1 Å². The number of fused-ring (bicyclic) bond motifs is 1. The zero-order valence-electron chi connectivity index (χ0n) is 11.2. The van der Waals surface area contributed by atoms with Gasteiger partial charge < -0.3 is 10.1 Å². The third-order valence-corrected chi connectivity index (χ3v) is 2.94. The minimum Gasteiger partial charge on any atom is -0.439 e. The van der Waals surface area contributed by atoms with Crippen molar-refractivity contribution in [1.29, 1.82) is 0 Å². The molecule has 2 aromatic carbocycles. The van der Waals surface area contributed by atoms with Gasteiger partial charge in [-0.1, -0.05) is 30.3 Å². The standard InChI is InChI=1S/C16H15N3O/c1-2-17-15-10-16(19-11-18-15)20-14-8-7-12-5-3-4-6-13(12)9-14/h3-11H,2H2,1H3,(H,17,18,19). The Morgan fingerprint density at radius 1 is 1.00 bits per heavy atom. The highest BCUT2D eigenvalue weighted by Crippen LogP contribution is 2.25. The summed E-state index contributed by atoms with van der Waals surface area (Å²) in [6.45, 7) is 2.83. The number of anilines is 1. The largest absolute Gasteiger partial charge is 0.439 e. The molecule has 0 fully saturated rings. The fraction of sp³-hybridized carbons (Fsp3) is 0.125. The van der Waals surface area contributed by atoms with Crippen LogP contribution in [0.2, 0.25) is 0 Å². The van der Waals surface area contributed by atoms with Gasteiger partial charge in [0, 0.05) is 12.6 Å². The molecule has 0 radical (unpaired) electrons. The van der Waals surface area contributed by atoms with Gasteiger partial charge in [0.05, 0.1) is 0 Å². The number of hydrogen-bond donors (Lipinski definition) is 1. The molecule has 3 aromatic rings. The van der Waals surface area contributed by atoms with Crippen LogP contribution in [0.5, 0.6) is 11.6 Å². The zero-order valence-corrected chi connectivity index (χ0v) is 11.2. The quantitative estimate of drug-likeness (QED) is 0.778. The first-order chi connectivity index (χ1) is 9.85. The van der Waals surface area contributed by atoms with Crippen molar-refractivity contribution in [3.63, 3.8) is 0 Å². The van der Waals surface area contributed by atoms with E-state index in [1.807, 2.05) is 37.3 Å². The molecule has 1 heterocycles. The maximum Gasteiger partial charge on any atom is 0.224 e. The maximum atomic E-state index is 5.78. The summed E-state index contributed by atoms with van der Waals surface area (Å²) in [5, 5.41) is 5.47. The van der Waals surface area contributed by atoms with Crippen molar-refractivity contribution in [3.05, 3.63) is 54.9 Å². The summed E-state index contributed by atoms with van der Waals surface area (Å²) >= 11 is 0. The Morgan fingerprint density at radius 2 is 1.85 bits per heavy atom. The third-order valence-electron chi connectivity index (χ3n) is 2.94. The minimum atomic E-state index is 0.534. The summed E-state index contributed by atoms with van der Waals surface area (Å²) in [5.74, 6) is 2.06. The van der Waals surface area contributed by atoms with Crippen molar-refractivity contribution in [3.8, 4) is 11.6 Å². The summed E-state index contributed by atoms with van der Waals surface area (Å²) in [5.41, 5.74) is 0. The second kappa shape index (κ2) is 5.57. The molecule has 0 saturated heterocycles. The summed E-state index contributed by atoms with van der Waals surface area (Å²) < 4.78 is 5.78. The number of hydrogen-bond acceptors (Lipinski definition) is 4. The first-order valence-corrected chi connectivity index (χ1v) is 6.58. The zero-order chi connectivity index (χ0) is 13.8. The van der Waals surface area contributed by atoms with E-state index in [9.17, 15) is 0 Å². The summed E-state index contributed by atoms with van der Waals surface area (Å²) in [6, 6.07) is 16.0. The van der Waals surface area contributed by atoms with Crippen molar-refractivity contribution in [2.75, 3.05) is 11.9 Å². The third kappa shape index (κ3) is 2.69. The highest BCUT2D eigenvalue weighted by atomic mass is 16.5. The van der Waals surface area contributed by atoms with Gasteiger partial charge in [0.15, 0.2) is 0 Å². The van der Waals surface area contributed by atoms with Gasteiger partial charge in [-0.2, -0.15) is 0 Å². The van der Waals surface area contributed by atoms with Gasteiger partial charge in [-0.05, 0) is 29.8 Å². The van der Waals surface area contributed by atoms with E-state index < -0.39 is 0 Å². The molecule has 0 aliphatic heterocycles. The number of benzene rings is 2. The van der Waals surface area contributed by atoms with Crippen LogP contribution in [0.25, 0.3) is 10.8 Å². The van der Waals surface area contributed by atoms with Crippen LogP contribution in [0.4, 0.5) is 5.82 Å². The topological polar surface area (TPSA) is 47.0 Å². The maximum absolute atomic E-state index is 5.78. The van der Waals surface area contributed by atoms with Gasteiger partial charge in [-0.3, -0.25) is 0 Å². The predicted octanol–water partition coefficient (Wildman–Crippen LogP) is 3.85. The molecule has 0 aliphatic carbocycles. The Morgan fingerprint density at radius 3 is 2.70 bits per heavy atom. The Labute approximate surface area is 117 Å². The first-order valence-electron chi connectivity index (χ1n) is 6.58. The molecule has 0 atom stereocenters. The molecule has 4 heteroatoms. The van der Waals surface area contributed by atoms with E-state index in [4.69, 9.17) is 4.74 Å². The molecule has 0 aliphatic rings. The van der Waals surface area contributed by atoms with Crippen LogP contribution in [0.15, 0.2) is 54.9 Å². The van der Waals surface area contributed by atoms with E-state index >= 15 is 0 Å². The van der Waals surface area contributed by atoms with Crippen LogP contribution in [0, 0.1) is 0 Å². The predicted molar refractivity (Wildman–Crippen MR) is 80.2 cm³/mol. The van der Waals surface area contributed by atoms with Crippen LogP contribution in [0.3, 0.4) is 0 Å². The Balaban J connectivity index is 1.87. The van der Waals surface area contributed by atoms with E-state index in [1.165, 1.54) is 11.7 Å². The number of nitrogens with zero attached hydrogens (tertiary/aromatic N) is 2. The molecule has 100 valence electrons. The number of nitrogens with one attached hydrogen (secondary N) is 1. The van der Waals surface area contributed by atoms with Gasteiger partial charge >= 0.3 is 0 Å². The molecular weight excluding hydrogens is 250 g/mol. The van der Waals surface area contributed by atoms with Crippen molar-refractivity contribution < 1.29 is 4.74 Å². The molecule has 0 amide bonds. The lowest BCUT2D eigenvalue weighted by molar-refractivity contribution is 0.462. The lowest BCUT2D eigenvalue weighted by atomic mass is 10.1. The minimum absolute atomic E-state index is 0.534. The molecule has 0 bridgehead atoms. The number of ether oxygens (including phenoxy) is 1. The molecule has 4 nitrogen and oxygen atoms in total. The lowest BCUT2D eigenvalue weighted by Gasteiger charge is -2.07. The fourth-order valence-electron chi connectivity index (χ4n) is 2.02. The molecule has 0 saturated carbocycles. The molecule has 1 aromatic heterocycles. The van der Waals surface area contributed by atoms with Gasteiger partial charge in [0.2, 0.25) is 5.88 Å². The normalized spacial score (nSPS) is 10.4. The van der Waals surface area contributed by atoms with Gasteiger partial charge in [-0.25, -0.2) is 9.97 Å². The molecule has 20 heavy (non-hydrogen) atoms. The molecule has 3 rings (SSSR count). The SMILES string of the molecule is CCNc1cc(Oc2ccc3ccccc3c2)ncn1. The number of rotatable bonds is 4. The fourth-order valence-corrected chi connectivity index (χ4v) is 2.02. The highest BCUT2D eigenvalue weighted by molar-refractivity contribution is 5.83. The highest BCUT2D eigenvalue weighted by Gasteiger charge is 2.02. The van der Waals surface area contributed by atoms with Crippen molar-refractivity contribution in [2.45, 2.75) is 6.92 Å². The summed E-state index contributed by atoms with van der Waals surface area (Å²) in [4.78, 5) is 8.24. The van der Waals surface area contributed by atoms with Crippen LogP contribution in [0.1, 0.15) is 6.92 Å².